The van der Waals surface area contributed by atoms with Crippen molar-refractivity contribution in [2.75, 3.05) is 23.7 Å². The predicted molar refractivity (Wildman–Crippen MR) is 155 cm³/mol. The zero-order valence-corrected chi connectivity index (χ0v) is 23.0. The molecular weight excluding hydrogens is 520 g/mol. The Morgan fingerprint density at radius 2 is 1.79 bits per heavy atom. The molecule has 0 spiro atoms. The van der Waals surface area contributed by atoms with E-state index < -0.39 is 0 Å². The number of carbonyl (C=O) groups excluding carboxylic acids is 1. The van der Waals surface area contributed by atoms with Crippen LogP contribution in [0.15, 0.2) is 77.0 Å². The summed E-state index contributed by atoms with van der Waals surface area (Å²) in [6.45, 7) is 7.83. The highest BCUT2D eigenvalue weighted by molar-refractivity contribution is 7.99. The summed E-state index contributed by atoms with van der Waals surface area (Å²) in [5.74, 6) is 0.524. The number of aromatic nitrogens is 3. The van der Waals surface area contributed by atoms with Crippen LogP contribution in [-0.4, -0.2) is 50.8 Å². The van der Waals surface area contributed by atoms with Crippen molar-refractivity contribution in [1.29, 1.82) is 0 Å². The van der Waals surface area contributed by atoms with E-state index >= 15 is 0 Å². The molecular formula is C28H29ClN6O2S. The van der Waals surface area contributed by atoms with Crippen molar-refractivity contribution in [3.8, 4) is 22.8 Å². The molecule has 38 heavy (non-hydrogen) atoms. The number of benzene rings is 3. The van der Waals surface area contributed by atoms with Crippen molar-refractivity contribution >= 4 is 41.2 Å². The molecule has 0 saturated carbocycles. The largest absolute Gasteiger partial charge is 0.507 e. The number of halogens is 1. The summed E-state index contributed by atoms with van der Waals surface area (Å²) in [6.07, 6.45) is 1.43. The van der Waals surface area contributed by atoms with Crippen LogP contribution in [0.1, 0.15) is 25.0 Å². The first-order valence-corrected chi connectivity index (χ1v) is 13.6. The minimum Gasteiger partial charge on any atom is -0.507 e. The zero-order valence-electron chi connectivity index (χ0n) is 21.4. The number of anilines is 1. The van der Waals surface area contributed by atoms with E-state index in [1.165, 1.54) is 18.0 Å². The van der Waals surface area contributed by atoms with Gasteiger partial charge in [-0.3, -0.25) is 9.36 Å². The molecule has 0 aliphatic rings. The molecule has 196 valence electrons. The van der Waals surface area contributed by atoms with E-state index in [9.17, 15) is 9.90 Å². The van der Waals surface area contributed by atoms with Crippen molar-refractivity contribution in [3.63, 3.8) is 0 Å². The number of nitrogens with zero attached hydrogens (tertiary/aromatic N) is 5. The SMILES string of the molecule is CCN(CC)c1ccc(/C=N\NC(=O)CSc2nnc(-c3ccc(C)cc3)n2-c2ccc(Cl)cc2)c(O)c1. The Kier molecular flexibility index (Phi) is 9.04. The molecule has 1 amide bonds. The van der Waals surface area contributed by atoms with E-state index in [1.807, 2.05) is 54.0 Å². The molecule has 1 aromatic heterocycles. The van der Waals surface area contributed by atoms with E-state index in [0.29, 0.717) is 21.6 Å². The van der Waals surface area contributed by atoms with Gasteiger partial charge in [0.2, 0.25) is 0 Å². The molecule has 0 saturated heterocycles. The van der Waals surface area contributed by atoms with Crippen molar-refractivity contribution in [1.82, 2.24) is 20.2 Å². The average molecular weight is 549 g/mol. The lowest BCUT2D eigenvalue weighted by molar-refractivity contribution is -0.118. The number of hydrogen-bond donors (Lipinski definition) is 2. The third-order valence-corrected chi connectivity index (χ3v) is 7.08. The lowest BCUT2D eigenvalue weighted by Crippen LogP contribution is -2.21. The van der Waals surface area contributed by atoms with Gasteiger partial charge in [0.1, 0.15) is 5.75 Å². The predicted octanol–water partition coefficient (Wildman–Crippen LogP) is 5.69. The van der Waals surface area contributed by atoms with Crippen LogP contribution in [-0.2, 0) is 4.79 Å². The van der Waals surface area contributed by atoms with Gasteiger partial charge < -0.3 is 10.0 Å². The molecule has 4 aromatic rings. The van der Waals surface area contributed by atoms with Crippen LogP contribution in [0, 0.1) is 6.92 Å². The monoisotopic (exact) mass is 548 g/mol. The minimum absolute atomic E-state index is 0.0733. The quantitative estimate of drug-likeness (QED) is 0.150. The smallest absolute Gasteiger partial charge is 0.250 e. The van der Waals surface area contributed by atoms with Crippen molar-refractivity contribution < 1.29 is 9.90 Å². The Morgan fingerprint density at radius 1 is 1.08 bits per heavy atom. The van der Waals surface area contributed by atoms with Gasteiger partial charge in [0, 0.05) is 46.7 Å². The second-order valence-electron chi connectivity index (χ2n) is 8.48. The molecule has 10 heteroatoms. The fourth-order valence-electron chi connectivity index (χ4n) is 3.84. The number of phenols is 1. The van der Waals surface area contributed by atoms with E-state index in [4.69, 9.17) is 11.6 Å². The Balaban J connectivity index is 1.46. The molecule has 8 nitrogen and oxygen atoms in total. The first kappa shape index (κ1) is 27.2. The molecule has 0 radical (unpaired) electrons. The second-order valence-corrected chi connectivity index (χ2v) is 9.86. The van der Waals surface area contributed by atoms with Crippen LogP contribution < -0.4 is 10.3 Å². The summed E-state index contributed by atoms with van der Waals surface area (Å²) >= 11 is 7.35. The Morgan fingerprint density at radius 3 is 2.45 bits per heavy atom. The van der Waals surface area contributed by atoms with Gasteiger partial charge in [-0.15, -0.1) is 10.2 Å². The average Bonchev–Trinajstić information content (AvgIpc) is 3.34. The summed E-state index contributed by atoms with van der Waals surface area (Å²) in [6, 6.07) is 20.8. The third-order valence-electron chi connectivity index (χ3n) is 5.90. The maximum Gasteiger partial charge on any atom is 0.250 e. The Hall–Kier alpha value is -3.82. The van der Waals surface area contributed by atoms with Gasteiger partial charge in [-0.05, 0) is 57.2 Å². The number of carbonyl (C=O) groups is 1. The van der Waals surface area contributed by atoms with Gasteiger partial charge >= 0.3 is 0 Å². The molecule has 0 aliphatic carbocycles. The summed E-state index contributed by atoms with van der Waals surface area (Å²) in [5, 5.41) is 24.3. The van der Waals surface area contributed by atoms with E-state index in [2.05, 4.69) is 39.5 Å². The van der Waals surface area contributed by atoms with Gasteiger partial charge in [0.05, 0.1) is 12.0 Å². The molecule has 0 fully saturated rings. The van der Waals surface area contributed by atoms with E-state index in [1.54, 1.807) is 24.3 Å². The second kappa shape index (κ2) is 12.6. The van der Waals surface area contributed by atoms with E-state index in [0.717, 1.165) is 35.6 Å². The maximum atomic E-state index is 12.5. The maximum absolute atomic E-state index is 12.5. The molecule has 0 atom stereocenters. The number of amides is 1. The molecule has 0 bridgehead atoms. The zero-order chi connectivity index (χ0) is 27.1. The number of nitrogens with one attached hydrogen (secondary N) is 1. The summed E-state index contributed by atoms with van der Waals surface area (Å²) in [7, 11) is 0. The van der Waals surface area contributed by atoms with Gasteiger partial charge in [-0.2, -0.15) is 5.10 Å². The number of hydrogen-bond acceptors (Lipinski definition) is 7. The Labute approximate surface area is 231 Å². The number of rotatable bonds is 10. The first-order valence-electron chi connectivity index (χ1n) is 12.2. The number of phenolic OH excluding ortho intramolecular Hbond substituents is 1. The highest BCUT2D eigenvalue weighted by Gasteiger charge is 2.17. The van der Waals surface area contributed by atoms with Crippen LogP contribution in [0.5, 0.6) is 5.75 Å². The van der Waals surface area contributed by atoms with Crippen LogP contribution >= 0.6 is 23.4 Å². The Bertz CT molecular complexity index is 1420. The topological polar surface area (TPSA) is 95.6 Å². The molecule has 4 rings (SSSR count). The number of aryl methyl sites for hydroxylation is 1. The van der Waals surface area contributed by atoms with Gasteiger partial charge in [0.25, 0.3) is 5.91 Å². The number of hydrazone groups is 1. The number of thioether (sulfide) groups is 1. The molecule has 0 unspecified atom stereocenters. The highest BCUT2D eigenvalue weighted by Crippen LogP contribution is 2.29. The summed E-state index contributed by atoms with van der Waals surface area (Å²) in [5.41, 5.74) is 6.84. The van der Waals surface area contributed by atoms with Gasteiger partial charge in [-0.25, -0.2) is 5.43 Å². The normalized spacial score (nSPS) is 11.2. The van der Waals surface area contributed by atoms with Crippen molar-refractivity contribution in [2.45, 2.75) is 25.9 Å². The van der Waals surface area contributed by atoms with Crippen LogP contribution in [0.25, 0.3) is 17.1 Å². The van der Waals surface area contributed by atoms with E-state index in [-0.39, 0.29) is 17.4 Å². The van der Waals surface area contributed by atoms with Crippen molar-refractivity contribution in [3.05, 3.63) is 82.9 Å². The highest BCUT2D eigenvalue weighted by atomic mass is 35.5. The minimum atomic E-state index is -0.312. The third kappa shape index (κ3) is 6.54. The fourth-order valence-corrected chi connectivity index (χ4v) is 4.71. The lowest BCUT2D eigenvalue weighted by Gasteiger charge is -2.21. The molecule has 0 aliphatic heterocycles. The van der Waals surface area contributed by atoms with Gasteiger partial charge in [-0.1, -0.05) is 53.2 Å². The van der Waals surface area contributed by atoms with Gasteiger partial charge in [0.15, 0.2) is 11.0 Å². The molecule has 2 N–H and O–H groups in total. The number of aromatic hydroxyl groups is 1. The standard InChI is InChI=1S/C28H29ClN6O2S/c1-4-34(5-2)24-13-10-21(25(36)16-24)17-30-31-26(37)18-38-28-33-32-27(20-8-6-19(3)7-9-20)35(28)23-14-11-22(29)12-15-23/h6-17,36H,4-5,18H2,1-3H3,(H,31,37)/b30-17-. The molecule has 1 heterocycles. The lowest BCUT2D eigenvalue weighted by atomic mass is 10.1. The van der Waals surface area contributed by atoms with Crippen LogP contribution in [0.3, 0.4) is 0 Å². The molecule has 3 aromatic carbocycles. The van der Waals surface area contributed by atoms with Crippen molar-refractivity contribution in [2.24, 2.45) is 5.10 Å². The summed E-state index contributed by atoms with van der Waals surface area (Å²) < 4.78 is 1.90. The first-order chi connectivity index (χ1) is 18.4. The fraction of sp³-hybridized carbons (Fsp3) is 0.214. The summed E-state index contributed by atoms with van der Waals surface area (Å²) in [4.78, 5) is 14.7. The van der Waals surface area contributed by atoms with Crippen LogP contribution in [0.2, 0.25) is 5.02 Å². The van der Waals surface area contributed by atoms with Crippen LogP contribution in [0.4, 0.5) is 5.69 Å².